The van der Waals surface area contributed by atoms with Crippen LogP contribution in [0.15, 0.2) is 29.3 Å². The molecule has 120 valence electrons. The number of benzene rings is 1. The zero-order valence-corrected chi connectivity index (χ0v) is 13.0. The Balaban J connectivity index is 2.41. The largest absolute Gasteiger partial charge is 0.417 e. The lowest BCUT2D eigenvalue weighted by Gasteiger charge is -2.12. The van der Waals surface area contributed by atoms with Crippen molar-refractivity contribution in [2.24, 2.45) is 7.05 Å². The zero-order chi connectivity index (χ0) is 16.7. The van der Waals surface area contributed by atoms with Crippen molar-refractivity contribution in [3.8, 4) is 0 Å². The predicted octanol–water partition coefficient (Wildman–Crippen LogP) is 3.20. The molecule has 22 heavy (non-hydrogen) atoms. The third kappa shape index (κ3) is 3.20. The van der Waals surface area contributed by atoms with Crippen LogP contribution in [0.25, 0.3) is 0 Å². The van der Waals surface area contributed by atoms with Gasteiger partial charge < -0.3 is 0 Å². The lowest BCUT2D eigenvalue weighted by Crippen LogP contribution is -2.15. The molecule has 0 aliphatic rings. The Bertz CT molecular complexity index is 816. The third-order valence-corrected chi connectivity index (χ3v) is 4.82. The Labute approximate surface area is 129 Å². The molecule has 0 aliphatic carbocycles. The Morgan fingerprint density at radius 1 is 1.32 bits per heavy atom. The molecule has 0 spiro atoms. The van der Waals surface area contributed by atoms with Crippen molar-refractivity contribution in [3.63, 3.8) is 0 Å². The van der Waals surface area contributed by atoms with Gasteiger partial charge in [0.15, 0.2) is 0 Å². The van der Waals surface area contributed by atoms with Crippen molar-refractivity contribution in [1.82, 2.24) is 9.78 Å². The van der Waals surface area contributed by atoms with E-state index in [9.17, 15) is 21.6 Å². The van der Waals surface area contributed by atoms with E-state index in [-0.39, 0.29) is 10.6 Å². The highest BCUT2D eigenvalue weighted by Crippen LogP contribution is 2.36. The van der Waals surface area contributed by atoms with E-state index in [4.69, 9.17) is 11.6 Å². The van der Waals surface area contributed by atoms with Gasteiger partial charge in [-0.1, -0.05) is 11.6 Å². The number of nitrogens with one attached hydrogen (secondary N) is 1. The quantitative estimate of drug-likeness (QED) is 0.921. The van der Waals surface area contributed by atoms with E-state index in [0.29, 0.717) is 11.8 Å². The molecule has 0 atom stereocenters. The van der Waals surface area contributed by atoms with E-state index >= 15 is 0 Å². The molecule has 2 rings (SSSR count). The fourth-order valence-electron chi connectivity index (χ4n) is 1.76. The molecule has 1 heterocycles. The summed E-state index contributed by atoms with van der Waals surface area (Å²) in [4.78, 5) is -0.112. The summed E-state index contributed by atoms with van der Waals surface area (Å²) >= 11 is 5.49. The minimum atomic E-state index is -4.68. The van der Waals surface area contributed by atoms with E-state index in [1.165, 1.54) is 11.6 Å². The van der Waals surface area contributed by atoms with E-state index in [2.05, 4.69) is 9.82 Å². The topological polar surface area (TPSA) is 64.0 Å². The number of anilines is 1. The molecule has 0 unspecified atom stereocenters. The molecular weight excluding hydrogens is 343 g/mol. The van der Waals surface area contributed by atoms with Gasteiger partial charge in [0, 0.05) is 12.7 Å². The highest BCUT2D eigenvalue weighted by atomic mass is 35.5. The summed E-state index contributed by atoms with van der Waals surface area (Å²) in [7, 11) is -2.49. The SMILES string of the molecule is Cc1c(S(=O)(=O)Nc2ccc(Cl)c(C(F)(F)F)c2)cnn1C. The van der Waals surface area contributed by atoms with Gasteiger partial charge in [0.25, 0.3) is 10.0 Å². The van der Waals surface area contributed by atoms with Crippen molar-refractivity contribution in [2.45, 2.75) is 18.0 Å². The first-order valence-electron chi connectivity index (χ1n) is 5.90. The third-order valence-electron chi connectivity index (χ3n) is 3.00. The molecule has 0 bridgehead atoms. The smallest absolute Gasteiger partial charge is 0.280 e. The number of halogens is 4. The van der Waals surface area contributed by atoms with E-state index in [1.807, 2.05) is 0 Å². The number of hydrogen-bond acceptors (Lipinski definition) is 3. The summed E-state index contributed by atoms with van der Waals surface area (Å²) in [5.74, 6) is 0. The summed E-state index contributed by atoms with van der Waals surface area (Å²) in [6.45, 7) is 1.53. The van der Waals surface area contributed by atoms with Gasteiger partial charge in [0.2, 0.25) is 0 Å². The molecule has 0 aliphatic heterocycles. The van der Waals surface area contributed by atoms with Crippen LogP contribution in [-0.4, -0.2) is 18.2 Å². The van der Waals surface area contributed by atoms with Gasteiger partial charge in [-0.05, 0) is 25.1 Å². The average Bonchev–Trinajstić information content (AvgIpc) is 2.71. The Morgan fingerprint density at radius 3 is 2.45 bits per heavy atom. The molecule has 1 aromatic carbocycles. The molecule has 5 nitrogen and oxygen atoms in total. The summed E-state index contributed by atoms with van der Waals surface area (Å²) in [6.07, 6.45) is -3.55. The number of alkyl halides is 3. The van der Waals surface area contributed by atoms with Crippen molar-refractivity contribution < 1.29 is 21.6 Å². The Hall–Kier alpha value is -1.74. The highest BCUT2D eigenvalue weighted by molar-refractivity contribution is 7.92. The van der Waals surface area contributed by atoms with E-state index in [1.54, 1.807) is 7.05 Å². The van der Waals surface area contributed by atoms with Crippen molar-refractivity contribution in [2.75, 3.05) is 4.72 Å². The summed E-state index contributed by atoms with van der Waals surface area (Å²) in [5.41, 5.74) is -0.991. The molecule has 0 saturated heterocycles. The lowest BCUT2D eigenvalue weighted by atomic mass is 10.2. The van der Waals surface area contributed by atoms with Gasteiger partial charge in [0.1, 0.15) is 4.90 Å². The number of nitrogens with zero attached hydrogens (tertiary/aromatic N) is 2. The van der Waals surface area contributed by atoms with Crippen LogP contribution in [0, 0.1) is 6.92 Å². The molecule has 0 saturated carbocycles. The molecule has 1 aromatic heterocycles. The summed E-state index contributed by atoms with van der Waals surface area (Å²) < 4.78 is 66.2. The molecule has 2 aromatic rings. The zero-order valence-electron chi connectivity index (χ0n) is 11.4. The van der Waals surface area contributed by atoms with Crippen LogP contribution >= 0.6 is 11.6 Å². The van der Waals surface area contributed by atoms with Crippen LogP contribution < -0.4 is 4.72 Å². The number of hydrogen-bond donors (Lipinski definition) is 1. The van der Waals surface area contributed by atoms with Crippen LogP contribution in [0.4, 0.5) is 18.9 Å². The van der Waals surface area contributed by atoms with Gasteiger partial charge in [0.05, 0.1) is 22.5 Å². The molecular formula is C12H11ClF3N3O2S. The molecule has 1 N–H and O–H groups in total. The Kier molecular flexibility index (Phi) is 4.14. The van der Waals surface area contributed by atoms with Crippen molar-refractivity contribution in [3.05, 3.63) is 40.7 Å². The molecule has 0 amide bonds. The number of aromatic nitrogens is 2. The van der Waals surface area contributed by atoms with Crippen LogP contribution in [0.5, 0.6) is 0 Å². The van der Waals surface area contributed by atoms with Crippen molar-refractivity contribution in [1.29, 1.82) is 0 Å². The van der Waals surface area contributed by atoms with Gasteiger partial charge in [-0.2, -0.15) is 18.3 Å². The maximum atomic E-state index is 12.8. The van der Waals surface area contributed by atoms with Gasteiger partial charge >= 0.3 is 6.18 Å². The predicted molar refractivity (Wildman–Crippen MR) is 75.2 cm³/mol. The highest BCUT2D eigenvalue weighted by Gasteiger charge is 2.33. The first-order chi connectivity index (χ1) is 10.0. The van der Waals surface area contributed by atoms with E-state index in [0.717, 1.165) is 18.3 Å². The Morgan fingerprint density at radius 2 is 1.95 bits per heavy atom. The molecule has 0 fully saturated rings. The second-order valence-corrected chi connectivity index (χ2v) is 6.57. The van der Waals surface area contributed by atoms with Crippen LogP contribution in [0.3, 0.4) is 0 Å². The summed E-state index contributed by atoms with van der Waals surface area (Å²) in [5, 5.41) is 3.28. The summed E-state index contributed by atoms with van der Waals surface area (Å²) in [6, 6.07) is 2.78. The number of aryl methyl sites for hydroxylation is 1. The maximum Gasteiger partial charge on any atom is 0.417 e. The van der Waals surface area contributed by atoms with Crippen LogP contribution in [-0.2, 0) is 23.2 Å². The molecule has 10 heteroatoms. The fraction of sp³-hybridized carbons (Fsp3) is 0.250. The lowest BCUT2D eigenvalue weighted by molar-refractivity contribution is -0.137. The van der Waals surface area contributed by atoms with Crippen LogP contribution in [0.1, 0.15) is 11.3 Å². The second kappa shape index (κ2) is 5.47. The minimum absolute atomic E-state index is 0.112. The molecule has 0 radical (unpaired) electrons. The van der Waals surface area contributed by atoms with Gasteiger partial charge in [-0.3, -0.25) is 9.40 Å². The fourth-order valence-corrected chi connectivity index (χ4v) is 3.24. The average molecular weight is 354 g/mol. The number of sulfonamides is 1. The monoisotopic (exact) mass is 353 g/mol. The standard InChI is InChI=1S/C12H11ClF3N3O2S/c1-7-11(6-17-19(7)2)22(20,21)18-8-3-4-10(13)9(5-8)12(14,15)16/h3-6,18H,1-2H3. The maximum absolute atomic E-state index is 12.8. The first-order valence-corrected chi connectivity index (χ1v) is 7.76. The number of rotatable bonds is 3. The minimum Gasteiger partial charge on any atom is -0.280 e. The van der Waals surface area contributed by atoms with Crippen LogP contribution in [0.2, 0.25) is 5.02 Å². The first kappa shape index (κ1) is 16.6. The normalized spacial score (nSPS) is 12.5. The van der Waals surface area contributed by atoms with Gasteiger partial charge in [-0.25, -0.2) is 8.42 Å². The van der Waals surface area contributed by atoms with E-state index < -0.39 is 26.8 Å². The second-order valence-electron chi connectivity index (χ2n) is 4.52. The van der Waals surface area contributed by atoms with Gasteiger partial charge in [-0.15, -0.1) is 0 Å². The van der Waals surface area contributed by atoms with Crippen molar-refractivity contribution >= 4 is 27.3 Å².